The second kappa shape index (κ2) is 6.61. The molecule has 0 amide bonds. The highest BCUT2D eigenvalue weighted by Crippen LogP contribution is 2.39. The first-order valence-electron chi connectivity index (χ1n) is 6.55. The summed E-state index contributed by atoms with van der Waals surface area (Å²) >= 11 is 11.9. The molecular formula is C13H16Cl2N2O3. The number of nitro benzene ring substituents is 1. The number of benzene rings is 1. The zero-order chi connectivity index (χ0) is 14.7. The van der Waals surface area contributed by atoms with E-state index in [4.69, 9.17) is 28.3 Å². The van der Waals surface area contributed by atoms with Crippen molar-refractivity contribution in [2.24, 2.45) is 0 Å². The first-order chi connectivity index (χ1) is 9.54. The van der Waals surface area contributed by atoms with Crippen LogP contribution in [0, 0.1) is 10.1 Å². The fraction of sp³-hybridized carbons (Fsp3) is 0.538. The van der Waals surface area contributed by atoms with Gasteiger partial charge in [0.25, 0.3) is 5.69 Å². The van der Waals surface area contributed by atoms with Gasteiger partial charge in [-0.1, -0.05) is 23.2 Å². The molecule has 5 nitrogen and oxygen atoms in total. The Morgan fingerprint density at radius 2 is 2.05 bits per heavy atom. The Hall–Kier alpha value is -1.04. The molecule has 1 heterocycles. The zero-order valence-corrected chi connectivity index (χ0v) is 12.4. The lowest BCUT2D eigenvalue weighted by atomic mass is 9.98. The van der Waals surface area contributed by atoms with Crippen LogP contribution in [0.4, 0.5) is 11.4 Å². The van der Waals surface area contributed by atoms with Crippen molar-refractivity contribution < 1.29 is 10.0 Å². The van der Waals surface area contributed by atoms with Crippen molar-refractivity contribution in [1.29, 1.82) is 0 Å². The van der Waals surface area contributed by atoms with Crippen LogP contribution < -0.4 is 4.90 Å². The maximum absolute atomic E-state index is 11.2. The summed E-state index contributed by atoms with van der Waals surface area (Å²) in [5.74, 6) is 0. The molecule has 1 saturated heterocycles. The molecule has 0 radical (unpaired) electrons. The van der Waals surface area contributed by atoms with Gasteiger partial charge in [0.1, 0.15) is 5.69 Å². The summed E-state index contributed by atoms with van der Waals surface area (Å²) in [6.45, 7) is 0.791. The highest BCUT2D eigenvalue weighted by Gasteiger charge is 2.28. The highest BCUT2D eigenvalue weighted by molar-refractivity contribution is 6.42. The van der Waals surface area contributed by atoms with Crippen molar-refractivity contribution in [2.75, 3.05) is 18.1 Å². The number of hydrogen-bond acceptors (Lipinski definition) is 4. The Balaban J connectivity index is 2.43. The fourth-order valence-corrected chi connectivity index (χ4v) is 2.98. The van der Waals surface area contributed by atoms with E-state index in [1.807, 2.05) is 4.90 Å². The van der Waals surface area contributed by atoms with E-state index in [-0.39, 0.29) is 23.4 Å². The van der Waals surface area contributed by atoms with Crippen LogP contribution in [0.3, 0.4) is 0 Å². The third kappa shape index (κ3) is 3.16. The van der Waals surface area contributed by atoms with Crippen LogP contribution in [-0.2, 0) is 0 Å². The topological polar surface area (TPSA) is 66.6 Å². The minimum atomic E-state index is -0.442. The lowest BCUT2D eigenvalue weighted by Crippen LogP contribution is -2.40. The molecule has 1 aliphatic rings. The molecule has 0 aromatic heterocycles. The number of anilines is 1. The van der Waals surface area contributed by atoms with Crippen LogP contribution in [0.1, 0.15) is 25.7 Å². The molecule has 1 aliphatic heterocycles. The van der Waals surface area contributed by atoms with Crippen molar-refractivity contribution in [3.63, 3.8) is 0 Å². The largest absolute Gasteiger partial charge is 0.396 e. The molecule has 0 aliphatic carbocycles. The van der Waals surface area contributed by atoms with Crippen molar-refractivity contribution in [2.45, 2.75) is 31.7 Å². The molecule has 0 spiro atoms. The summed E-state index contributed by atoms with van der Waals surface area (Å²) in [5, 5.41) is 20.9. The van der Waals surface area contributed by atoms with E-state index < -0.39 is 4.92 Å². The Kier molecular flexibility index (Phi) is 5.07. The number of hydrogen-bond donors (Lipinski definition) is 1. The number of halogens is 2. The molecule has 0 saturated carbocycles. The minimum absolute atomic E-state index is 0.0377. The lowest BCUT2D eigenvalue weighted by molar-refractivity contribution is -0.384. The molecule has 2 rings (SSSR count). The summed E-state index contributed by atoms with van der Waals surface area (Å²) in [5.41, 5.74) is 0.451. The number of aliphatic hydroxyl groups is 1. The third-order valence-electron chi connectivity index (χ3n) is 3.61. The van der Waals surface area contributed by atoms with Crippen LogP contribution in [-0.4, -0.2) is 29.2 Å². The van der Waals surface area contributed by atoms with Crippen LogP contribution in [0.15, 0.2) is 12.1 Å². The average Bonchev–Trinajstić information content (AvgIpc) is 2.42. The smallest absolute Gasteiger partial charge is 0.294 e. The van der Waals surface area contributed by atoms with Crippen LogP contribution in [0.2, 0.25) is 10.0 Å². The van der Waals surface area contributed by atoms with E-state index in [1.54, 1.807) is 6.07 Å². The molecule has 1 aromatic carbocycles. The van der Waals surface area contributed by atoms with Gasteiger partial charge < -0.3 is 10.0 Å². The number of nitrogens with zero attached hydrogens (tertiary/aromatic N) is 2. The van der Waals surface area contributed by atoms with Crippen molar-refractivity contribution in [3.8, 4) is 0 Å². The van der Waals surface area contributed by atoms with E-state index in [1.165, 1.54) is 6.07 Å². The number of piperidine rings is 1. The Labute approximate surface area is 127 Å². The maximum Gasteiger partial charge on any atom is 0.294 e. The van der Waals surface area contributed by atoms with Crippen LogP contribution in [0.5, 0.6) is 0 Å². The van der Waals surface area contributed by atoms with E-state index in [9.17, 15) is 10.1 Å². The Morgan fingerprint density at radius 1 is 1.35 bits per heavy atom. The molecule has 1 fully saturated rings. The van der Waals surface area contributed by atoms with Crippen LogP contribution >= 0.6 is 23.2 Å². The molecule has 1 aromatic rings. The number of rotatable bonds is 4. The molecule has 1 unspecified atom stereocenters. The number of aliphatic hydroxyl groups excluding tert-OH is 1. The summed E-state index contributed by atoms with van der Waals surface area (Å²) in [4.78, 5) is 12.8. The monoisotopic (exact) mass is 318 g/mol. The normalized spacial score (nSPS) is 19.1. The summed E-state index contributed by atoms with van der Waals surface area (Å²) in [6.07, 6.45) is 3.55. The molecular weight excluding hydrogens is 303 g/mol. The third-order valence-corrected chi connectivity index (χ3v) is 4.34. The van der Waals surface area contributed by atoms with Crippen molar-refractivity contribution in [1.82, 2.24) is 0 Å². The molecule has 7 heteroatoms. The van der Waals surface area contributed by atoms with Gasteiger partial charge in [-0.3, -0.25) is 10.1 Å². The fourth-order valence-electron chi connectivity index (χ4n) is 2.67. The second-order valence-corrected chi connectivity index (χ2v) is 5.68. The second-order valence-electron chi connectivity index (χ2n) is 4.87. The molecule has 0 bridgehead atoms. The predicted molar refractivity (Wildman–Crippen MR) is 79.8 cm³/mol. The van der Waals surface area contributed by atoms with Gasteiger partial charge in [-0.15, -0.1) is 0 Å². The van der Waals surface area contributed by atoms with Gasteiger partial charge in [0, 0.05) is 25.3 Å². The quantitative estimate of drug-likeness (QED) is 0.679. The summed E-state index contributed by atoms with van der Waals surface area (Å²) in [6, 6.07) is 2.95. The maximum atomic E-state index is 11.2. The van der Waals surface area contributed by atoms with Gasteiger partial charge in [0.05, 0.1) is 15.0 Å². The van der Waals surface area contributed by atoms with E-state index in [0.717, 1.165) is 25.8 Å². The molecule has 20 heavy (non-hydrogen) atoms. The van der Waals surface area contributed by atoms with Gasteiger partial charge >= 0.3 is 0 Å². The summed E-state index contributed by atoms with van der Waals surface area (Å²) < 4.78 is 0. The van der Waals surface area contributed by atoms with Gasteiger partial charge in [-0.25, -0.2) is 0 Å². The van der Waals surface area contributed by atoms with E-state index >= 15 is 0 Å². The van der Waals surface area contributed by atoms with E-state index in [2.05, 4.69) is 0 Å². The standard InChI is InChI=1S/C13H16Cl2N2O3/c14-10-7-12(13(17(19)20)8-11(10)15)16-5-2-1-3-9(16)4-6-18/h7-9,18H,1-6H2. The Morgan fingerprint density at radius 3 is 2.70 bits per heavy atom. The first kappa shape index (κ1) is 15.4. The molecule has 110 valence electrons. The van der Waals surface area contributed by atoms with Gasteiger partial charge in [-0.05, 0) is 31.7 Å². The van der Waals surface area contributed by atoms with Crippen LogP contribution in [0.25, 0.3) is 0 Å². The average molecular weight is 319 g/mol. The molecule has 1 N–H and O–H groups in total. The Bertz CT molecular complexity index is 509. The van der Waals surface area contributed by atoms with E-state index in [0.29, 0.717) is 17.1 Å². The highest BCUT2D eigenvalue weighted by atomic mass is 35.5. The van der Waals surface area contributed by atoms with Gasteiger partial charge in [0.15, 0.2) is 0 Å². The minimum Gasteiger partial charge on any atom is -0.396 e. The summed E-state index contributed by atoms with van der Waals surface area (Å²) in [7, 11) is 0. The van der Waals surface area contributed by atoms with Gasteiger partial charge in [-0.2, -0.15) is 0 Å². The molecule has 1 atom stereocenters. The first-order valence-corrected chi connectivity index (χ1v) is 7.31. The number of nitro groups is 1. The van der Waals surface area contributed by atoms with Crippen molar-refractivity contribution >= 4 is 34.6 Å². The SMILES string of the molecule is O=[N+]([O-])c1cc(Cl)c(Cl)cc1N1CCCCC1CCO. The predicted octanol–water partition coefficient (Wildman–Crippen LogP) is 3.64. The zero-order valence-electron chi connectivity index (χ0n) is 10.9. The lowest BCUT2D eigenvalue weighted by Gasteiger charge is -2.37. The van der Waals surface area contributed by atoms with Crippen molar-refractivity contribution in [3.05, 3.63) is 32.3 Å². The van der Waals surface area contributed by atoms with Gasteiger partial charge in [0.2, 0.25) is 0 Å².